The van der Waals surface area contributed by atoms with E-state index in [1.165, 1.54) is 41.9 Å². The van der Waals surface area contributed by atoms with Crippen LogP contribution >= 0.6 is 0 Å². The Bertz CT molecular complexity index is 1150. The Hall–Kier alpha value is -1.96. The van der Waals surface area contributed by atoms with Crippen LogP contribution in [0.25, 0.3) is 0 Å². The van der Waals surface area contributed by atoms with Crippen molar-refractivity contribution < 1.29 is 27.5 Å². The van der Waals surface area contributed by atoms with Crippen LogP contribution in [0.2, 0.25) is 0 Å². The zero-order valence-electron chi connectivity index (χ0n) is 19.1. The van der Waals surface area contributed by atoms with Crippen molar-refractivity contribution in [2.45, 2.75) is 74.9 Å². The minimum absolute atomic E-state index is 0.142. The molecule has 178 valence electrons. The minimum Gasteiger partial charge on any atom is -0.453 e. The van der Waals surface area contributed by atoms with E-state index in [0.29, 0.717) is 43.5 Å². The van der Waals surface area contributed by atoms with Crippen molar-refractivity contribution in [2.75, 3.05) is 19.0 Å². The highest BCUT2D eigenvalue weighted by molar-refractivity contribution is 7.92. The van der Waals surface area contributed by atoms with E-state index in [2.05, 4.69) is 19.1 Å². The van der Waals surface area contributed by atoms with Crippen molar-refractivity contribution in [1.29, 1.82) is 0 Å². The predicted molar refractivity (Wildman–Crippen MR) is 123 cm³/mol. The van der Waals surface area contributed by atoms with Crippen molar-refractivity contribution in [1.82, 2.24) is 0 Å². The lowest BCUT2D eigenvalue weighted by molar-refractivity contribution is -0.116. The van der Waals surface area contributed by atoms with Gasteiger partial charge in [-0.2, -0.15) is 0 Å². The van der Waals surface area contributed by atoms with E-state index in [1.54, 1.807) is 0 Å². The molecular weight excluding hydrogens is 440 g/mol. The summed E-state index contributed by atoms with van der Waals surface area (Å²) in [4.78, 5) is 13.0. The SMILES string of the molecule is C[C@H](c1ccc2c(c1CC(=O)CS(=O)(=O)c1cc(C3(O)CCOCC3)co1)CCC2)C1CC1. The molecule has 1 aromatic carbocycles. The molecule has 1 aromatic heterocycles. The zero-order chi connectivity index (χ0) is 23.2. The molecular formula is C26H32O6S. The van der Waals surface area contributed by atoms with Gasteiger partial charge in [-0.15, -0.1) is 0 Å². The van der Waals surface area contributed by atoms with Crippen molar-refractivity contribution in [2.24, 2.45) is 5.92 Å². The quantitative estimate of drug-likeness (QED) is 0.627. The van der Waals surface area contributed by atoms with Crippen LogP contribution in [-0.4, -0.2) is 38.3 Å². The first-order chi connectivity index (χ1) is 15.8. The van der Waals surface area contributed by atoms with E-state index in [0.717, 1.165) is 24.8 Å². The molecule has 2 aromatic rings. The van der Waals surface area contributed by atoms with Gasteiger partial charge in [0.2, 0.25) is 14.9 Å². The zero-order valence-corrected chi connectivity index (χ0v) is 20.0. The van der Waals surface area contributed by atoms with E-state index < -0.39 is 21.2 Å². The highest BCUT2D eigenvalue weighted by atomic mass is 32.2. The molecule has 33 heavy (non-hydrogen) atoms. The van der Waals surface area contributed by atoms with Crippen molar-refractivity contribution in [3.8, 4) is 0 Å². The fraction of sp³-hybridized carbons (Fsp3) is 0.577. The molecule has 0 amide bonds. The second kappa shape index (κ2) is 8.67. The maximum Gasteiger partial charge on any atom is 0.218 e. The number of ether oxygens (including phenoxy) is 1. The molecule has 0 spiro atoms. The van der Waals surface area contributed by atoms with Gasteiger partial charge < -0.3 is 14.3 Å². The predicted octanol–water partition coefficient (Wildman–Crippen LogP) is 3.87. The van der Waals surface area contributed by atoms with Crippen LogP contribution in [-0.2, 0) is 44.2 Å². The van der Waals surface area contributed by atoms with Gasteiger partial charge in [-0.25, -0.2) is 8.42 Å². The topological polar surface area (TPSA) is 93.8 Å². The van der Waals surface area contributed by atoms with Gasteiger partial charge in [0.25, 0.3) is 0 Å². The molecule has 1 saturated carbocycles. The lowest BCUT2D eigenvalue weighted by atomic mass is 9.86. The molecule has 3 aliphatic rings. The highest BCUT2D eigenvalue weighted by Gasteiger charge is 2.36. The number of benzene rings is 1. The van der Waals surface area contributed by atoms with Gasteiger partial charge in [-0.3, -0.25) is 4.79 Å². The van der Waals surface area contributed by atoms with Gasteiger partial charge in [-0.05, 0) is 66.2 Å². The Morgan fingerprint density at radius 1 is 1.21 bits per heavy atom. The fourth-order valence-electron chi connectivity index (χ4n) is 5.50. The Kier molecular flexibility index (Phi) is 6.00. The summed E-state index contributed by atoms with van der Waals surface area (Å²) in [6, 6.07) is 5.74. The average Bonchev–Trinajstić information content (AvgIpc) is 3.28. The van der Waals surface area contributed by atoms with E-state index in [9.17, 15) is 18.3 Å². The largest absolute Gasteiger partial charge is 0.453 e. The third-order valence-corrected chi connectivity index (χ3v) is 9.25. The van der Waals surface area contributed by atoms with Crippen molar-refractivity contribution in [3.05, 3.63) is 52.3 Å². The second-order valence-electron chi connectivity index (χ2n) is 10.0. The number of furan rings is 1. The summed E-state index contributed by atoms with van der Waals surface area (Å²) in [7, 11) is -3.93. The van der Waals surface area contributed by atoms with Crippen LogP contribution in [0.3, 0.4) is 0 Å². The second-order valence-corrected chi connectivity index (χ2v) is 11.9. The van der Waals surface area contributed by atoms with Gasteiger partial charge in [0.15, 0.2) is 5.78 Å². The molecule has 0 bridgehead atoms. The minimum atomic E-state index is -3.93. The third-order valence-electron chi connectivity index (χ3n) is 7.72. The fourth-order valence-corrected chi connectivity index (χ4v) is 6.67. The number of aryl methyl sites for hydroxylation is 1. The lowest BCUT2D eigenvalue weighted by Gasteiger charge is -2.30. The number of fused-ring (bicyclic) bond motifs is 1. The summed E-state index contributed by atoms with van der Waals surface area (Å²) in [5.41, 5.74) is 4.10. The first kappa shape index (κ1) is 22.8. The first-order valence-electron chi connectivity index (χ1n) is 12.0. The summed E-state index contributed by atoms with van der Waals surface area (Å²) in [6.07, 6.45) is 7.71. The summed E-state index contributed by atoms with van der Waals surface area (Å²) in [6.45, 7) is 3.04. The number of rotatable bonds is 8. The molecule has 1 aliphatic heterocycles. The van der Waals surface area contributed by atoms with Gasteiger partial charge in [0.1, 0.15) is 5.75 Å². The summed E-state index contributed by atoms with van der Waals surface area (Å²) in [5, 5.41) is 10.6. The Balaban J connectivity index is 1.35. The van der Waals surface area contributed by atoms with E-state index in [-0.39, 0.29) is 17.3 Å². The van der Waals surface area contributed by atoms with Gasteiger partial charge in [0, 0.05) is 44.1 Å². The molecule has 1 atom stereocenters. The maximum absolute atomic E-state index is 13.0. The maximum atomic E-state index is 13.0. The number of aliphatic hydroxyl groups is 1. The van der Waals surface area contributed by atoms with Gasteiger partial charge >= 0.3 is 0 Å². The van der Waals surface area contributed by atoms with Crippen LogP contribution in [0.15, 0.2) is 34.0 Å². The molecule has 2 aliphatic carbocycles. The number of sulfone groups is 1. The average molecular weight is 473 g/mol. The number of carbonyl (C=O) groups is 1. The van der Waals surface area contributed by atoms with Crippen LogP contribution in [0.4, 0.5) is 0 Å². The number of carbonyl (C=O) groups excluding carboxylic acids is 1. The van der Waals surface area contributed by atoms with Crippen molar-refractivity contribution in [3.63, 3.8) is 0 Å². The first-order valence-corrected chi connectivity index (χ1v) is 13.7. The monoisotopic (exact) mass is 472 g/mol. The van der Waals surface area contributed by atoms with Gasteiger partial charge in [0.05, 0.1) is 11.9 Å². The number of ketones is 1. The standard InChI is InChI=1S/C26H32O6S/c1-17(18-5-6-18)22-8-7-19-3-2-4-23(19)24(22)14-21(27)16-33(29,30)25-13-20(15-32-25)26(28)9-11-31-12-10-26/h7-8,13,15,17-18,28H,2-6,9-12,14,16H2,1H3/t17-/m0/s1. The molecule has 6 nitrogen and oxygen atoms in total. The van der Waals surface area contributed by atoms with Crippen LogP contribution in [0.1, 0.15) is 72.8 Å². The highest BCUT2D eigenvalue weighted by Crippen LogP contribution is 2.45. The number of hydrogen-bond acceptors (Lipinski definition) is 6. The number of hydrogen-bond donors (Lipinski definition) is 1. The molecule has 0 radical (unpaired) electrons. The summed E-state index contributed by atoms with van der Waals surface area (Å²) < 4.78 is 36.6. The summed E-state index contributed by atoms with van der Waals surface area (Å²) >= 11 is 0. The van der Waals surface area contributed by atoms with Crippen LogP contribution < -0.4 is 0 Å². The molecule has 2 fully saturated rings. The van der Waals surface area contributed by atoms with E-state index in [4.69, 9.17) is 9.15 Å². The third kappa shape index (κ3) is 4.55. The van der Waals surface area contributed by atoms with E-state index in [1.807, 2.05) is 0 Å². The van der Waals surface area contributed by atoms with Crippen LogP contribution in [0, 0.1) is 5.92 Å². The molecule has 1 N–H and O–H groups in total. The molecule has 7 heteroatoms. The molecule has 1 saturated heterocycles. The Labute approximate surface area is 195 Å². The van der Waals surface area contributed by atoms with E-state index >= 15 is 0 Å². The Morgan fingerprint density at radius 2 is 1.97 bits per heavy atom. The lowest BCUT2D eigenvalue weighted by Crippen LogP contribution is -2.33. The van der Waals surface area contributed by atoms with Crippen LogP contribution in [0.5, 0.6) is 0 Å². The molecule has 2 heterocycles. The molecule has 0 unspecified atom stereocenters. The van der Waals surface area contributed by atoms with Gasteiger partial charge in [-0.1, -0.05) is 19.1 Å². The molecule has 5 rings (SSSR count). The van der Waals surface area contributed by atoms with Crippen molar-refractivity contribution >= 4 is 15.6 Å². The Morgan fingerprint density at radius 3 is 2.70 bits per heavy atom. The smallest absolute Gasteiger partial charge is 0.218 e. The summed E-state index contributed by atoms with van der Waals surface area (Å²) in [5.74, 6) is 0.146. The number of Topliss-reactive ketones (excluding diaryl/α,β-unsaturated/α-hetero) is 1. The normalized spacial score (nSPS) is 21.0.